The molecule has 0 aliphatic carbocycles. The Morgan fingerprint density at radius 3 is 2.00 bits per heavy atom. The number of nitrogens with zero attached hydrogens (tertiary/aromatic N) is 3. The summed E-state index contributed by atoms with van der Waals surface area (Å²) in [5.74, 6) is 0.348. The Morgan fingerprint density at radius 2 is 1.43 bits per heavy atom. The molecule has 2 saturated heterocycles. The number of rotatable bonds is 5. The van der Waals surface area contributed by atoms with Crippen molar-refractivity contribution in [1.29, 1.82) is 0 Å². The van der Waals surface area contributed by atoms with E-state index in [9.17, 15) is 9.59 Å². The molecule has 136 valence electrons. The maximum Gasteiger partial charge on any atom is 0.236 e. The number of ether oxygens (including phenoxy) is 1. The molecular weight excluding hydrogens is 343 g/mol. The van der Waals surface area contributed by atoms with Gasteiger partial charge < -0.3 is 20.3 Å². The van der Waals surface area contributed by atoms with Gasteiger partial charge in [0.25, 0.3) is 0 Å². The summed E-state index contributed by atoms with van der Waals surface area (Å²) in [5, 5.41) is 0. The molecule has 0 spiro atoms. The van der Waals surface area contributed by atoms with E-state index in [0.29, 0.717) is 58.9 Å². The van der Waals surface area contributed by atoms with Gasteiger partial charge in [-0.3, -0.25) is 14.5 Å². The molecule has 23 heavy (non-hydrogen) atoms. The van der Waals surface area contributed by atoms with Crippen molar-refractivity contribution < 1.29 is 14.3 Å². The lowest BCUT2D eigenvalue weighted by Crippen LogP contribution is -2.52. The normalized spacial score (nSPS) is 18.8. The highest BCUT2D eigenvalue weighted by Crippen LogP contribution is 2.06. The summed E-state index contributed by atoms with van der Waals surface area (Å²) >= 11 is 0. The topological polar surface area (TPSA) is 79.1 Å². The first-order valence-electron chi connectivity index (χ1n) is 7.76. The molecule has 2 heterocycles. The highest BCUT2D eigenvalue weighted by atomic mass is 35.5. The second-order valence-corrected chi connectivity index (χ2v) is 5.54. The molecule has 7 nitrogen and oxygen atoms in total. The molecule has 2 aliphatic heterocycles. The first-order valence-corrected chi connectivity index (χ1v) is 7.76. The van der Waals surface area contributed by atoms with E-state index in [1.807, 2.05) is 9.80 Å². The number of carbonyl (C=O) groups excluding carboxylic acids is 2. The molecule has 2 rings (SSSR count). The SMILES string of the molecule is Cl.Cl.NCCCC(=O)N1CCN(CC(=O)N2CCOCC2)CC1. The molecule has 2 aliphatic rings. The van der Waals surface area contributed by atoms with Crippen LogP contribution in [0.5, 0.6) is 0 Å². The maximum atomic E-state index is 12.2. The average molecular weight is 371 g/mol. The van der Waals surface area contributed by atoms with Gasteiger partial charge in [0.2, 0.25) is 11.8 Å². The number of amides is 2. The Kier molecular flexibility index (Phi) is 11.6. The Bertz CT molecular complexity index is 360. The van der Waals surface area contributed by atoms with E-state index in [-0.39, 0.29) is 36.6 Å². The van der Waals surface area contributed by atoms with E-state index in [0.717, 1.165) is 19.5 Å². The smallest absolute Gasteiger partial charge is 0.236 e. The molecule has 9 heteroatoms. The molecule has 0 radical (unpaired) electrons. The van der Waals surface area contributed by atoms with Gasteiger partial charge in [-0.2, -0.15) is 0 Å². The third kappa shape index (κ3) is 7.22. The molecule has 0 bridgehead atoms. The number of piperazine rings is 1. The zero-order valence-corrected chi connectivity index (χ0v) is 15.1. The van der Waals surface area contributed by atoms with Crippen molar-refractivity contribution >= 4 is 36.6 Å². The lowest BCUT2D eigenvalue weighted by atomic mass is 10.2. The second kappa shape index (κ2) is 11.9. The number of morpholine rings is 1. The summed E-state index contributed by atoms with van der Waals surface area (Å²) < 4.78 is 5.25. The van der Waals surface area contributed by atoms with Gasteiger partial charge in [0, 0.05) is 45.7 Å². The molecule has 2 amide bonds. The van der Waals surface area contributed by atoms with Crippen molar-refractivity contribution in [2.45, 2.75) is 12.8 Å². The Hall–Kier alpha value is -0.600. The summed E-state index contributed by atoms with van der Waals surface area (Å²) in [5.41, 5.74) is 5.42. The Morgan fingerprint density at radius 1 is 0.870 bits per heavy atom. The first kappa shape index (κ1) is 22.4. The van der Waals surface area contributed by atoms with Crippen molar-refractivity contribution in [1.82, 2.24) is 14.7 Å². The van der Waals surface area contributed by atoms with Crippen LogP contribution in [0.2, 0.25) is 0 Å². The van der Waals surface area contributed by atoms with Crippen LogP contribution >= 0.6 is 24.8 Å². The quantitative estimate of drug-likeness (QED) is 0.710. The zero-order chi connectivity index (χ0) is 15.1. The van der Waals surface area contributed by atoms with Crippen LogP contribution in [0, 0.1) is 0 Å². The third-order valence-electron chi connectivity index (χ3n) is 4.04. The van der Waals surface area contributed by atoms with Crippen molar-refractivity contribution in [2.75, 3.05) is 65.6 Å². The fraction of sp³-hybridized carbons (Fsp3) is 0.857. The van der Waals surface area contributed by atoms with Crippen LogP contribution in [-0.2, 0) is 14.3 Å². The molecule has 0 atom stereocenters. The number of carbonyl (C=O) groups is 2. The minimum Gasteiger partial charge on any atom is -0.378 e. The average Bonchev–Trinajstić information content (AvgIpc) is 2.54. The summed E-state index contributed by atoms with van der Waals surface area (Å²) in [6, 6.07) is 0. The summed E-state index contributed by atoms with van der Waals surface area (Å²) in [4.78, 5) is 29.9. The van der Waals surface area contributed by atoms with Crippen molar-refractivity contribution in [3.63, 3.8) is 0 Å². The van der Waals surface area contributed by atoms with Crippen LogP contribution in [0.3, 0.4) is 0 Å². The predicted octanol–water partition coefficient (Wildman–Crippen LogP) is -0.428. The largest absolute Gasteiger partial charge is 0.378 e. The number of nitrogens with two attached hydrogens (primary N) is 1. The first-order chi connectivity index (χ1) is 10.2. The molecule has 2 fully saturated rings. The molecule has 0 aromatic heterocycles. The Labute approximate surface area is 150 Å². The van der Waals surface area contributed by atoms with Crippen LogP contribution < -0.4 is 5.73 Å². The summed E-state index contributed by atoms with van der Waals surface area (Å²) in [7, 11) is 0. The number of hydrogen-bond acceptors (Lipinski definition) is 5. The highest BCUT2D eigenvalue weighted by Gasteiger charge is 2.24. The van der Waals surface area contributed by atoms with Gasteiger partial charge in [0.05, 0.1) is 19.8 Å². The lowest BCUT2D eigenvalue weighted by molar-refractivity contribution is -0.138. The van der Waals surface area contributed by atoms with E-state index in [2.05, 4.69) is 4.90 Å². The van der Waals surface area contributed by atoms with Gasteiger partial charge in [-0.1, -0.05) is 0 Å². The van der Waals surface area contributed by atoms with Crippen LogP contribution in [0.4, 0.5) is 0 Å². The predicted molar refractivity (Wildman–Crippen MR) is 93.2 cm³/mol. The van der Waals surface area contributed by atoms with Gasteiger partial charge in [0.1, 0.15) is 0 Å². The molecule has 0 aromatic carbocycles. The van der Waals surface area contributed by atoms with E-state index in [1.165, 1.54) is 0 Å². The van der Waals surface area contributed by atoms with Gasteiger partial charge in [-0.25, -0.2) is 0 Å². The van der Waals surface area contributed by atoms with Crippen LogP contribution in [-0.4, -0.2) is 92.1 Å². The van der Waals surface area contributed by atoms with E-state index < -0.39 is 0 Å². The zero-order valence-electron chi connectivity index (χ0n) is 13.4. The Balaban J connectivity index is 0.00000242. The molecule has 0 aromatic rings. The molecular formula is C14H28Cl2N4O3. The van der Waals surface area contributed by atoms with E-state index >= 15 is 0 Å². The monoisotopic (exact) mass is 370 g/mol. The molecule has 2 N–H and O–H groups in total. The third-order valence-corrected chi connectivity index (χ3v) is 4.04. The number of halogens is 2. The lowest BCUT2D eigenvalue weighted by Gasteiger charge is -2.36. The fourth-order valence-corrected chi connectivity index (χ4v) is 2.67. The van der Waals surface area contributed by atoms with E-state index in [4.69, 9.17) is 10.5 Å². The minimum absolute atomic E-state index is 0. The summed E-state index contributed by atoms with van der Waals surface area (Å²) in [6.07, 6.45) is 1.28. The van der Waals surface area contributed by atoms with Gasteiger partial charge >= 0.3 is 0 Å². The maximum absolute atomic E-state index is 12.2. The highest BCUT2D eigenvalue weighted by molar-refractivity contribution is 5.85. The molecule has 0 saturated carbocycles. The van der Waals surface area contributed by atoms with Crippen molar-refractivity contribution in [2.24, 2.45) is 5.73 Å². The van der Waals surface area contributed by atoms with Crippen LogP contribution in [0.25, 0.3) is 0 Å². The fourth-order valence-electron chi connectivity index (χ4n) is 2.67. The van der Waals surface area contributed by atoms with Gasteiger partial charge in [-0.15, -0.1) is 24.8 Å². The van der Waals surface area contributed by atoms with Crippen molar-refractivity contribution in [3.05, 3.63) is 0 Å². The minimum atomic E-state index is 0. The second-order valence-electron chi connectivity index (χ2n) is 5.54. The van der Waals surface area contributed by atoms with Crippen molar-refractivity contribution in [3.8, 4) is 0 Å². The van der Waals surface area contributed by atoms with Crippen LogP contribution in [0.15, 0.2) is 0 Å². The standard InChI is InChI=1S/C14H26N4O3.2ClH/c15-3-1-2-13(19)17-6-4-16(5-7-17)12-14(20)18-8-10-21-11-9-18;;/h1-12,15H2;2*1H. The molecule has 0 unspecified atom stereocenters. The summed E-state index contributed by atoms with van der Waals surface area (Å²) in [6.45, 7) is 6.61. The van der Waals surface area contributed by atoms with Gasteiger partial charge in [-0.05, 0) is 13.0 Å². The van der Waals surface area contributed by atoms with E-state index in [1.54, 1.807) is 0 Å². The van der Waals surface area contributed by atoms with Gasteiger partial charge in [0.15, 0.2) is 0 Å². The number of hydrogen-bond donors (Lipinski definition) is 1. The van der Waals surface area contributed by atoms with Crippen LogP contribution in [0.1, 0.15) is 12.8 Å².